The van der Waals surface area contributed by atoms with E-state index in [9.17, 15) is 13.2 Å². The van der Waals surface area contributed by atoms with E-state index in [0.29, 0.717) is 34.3 Å². The van der Waals surface area contributed by atoms with Crippen LogP contribution in [0.3, 0.4) is 0 Å². The van der Waals surface area contributed by atoms with E-state index < -0.39 is 10.0 Å². The molecule has 0 unspecified atom stereocenters. The molecular weight excluding hydrogens is 412 g/mol. The van der Waals surface area contributed by atoms with Crippen LogP contribution in [-0.2, 0) is 10.0 Å². The number of anilines is 2. The molecule has 3 aromatic carbocycles. The third kappa shape index (κ3) is 5.28. The van der Waals surface area contributed by atoms with Crippen LogP contribution in [0, 0.1) is 0 Å². The van der Waals surface area contributed by atoms with Crippen molar-refractivity contribution < 1.29 is 17.9 Å². The van der Waals surface area contributed by atoms with Gasteiger partial charge >= 0.3 is 0 Å². The molecule has 0 spiro atoms. The molecule has 0 aliphatic heterocycles. The van der Waals surface area contributed by atoms with E-state index in [1.54, 1.807) is 36.4 Å². The lowest BCUT2D eigenvalue weighted by Crippen LogP contribution is -2.14. The van der Waals surface area contributed by atoms with Crippen molar-refractivity contribution in [2.45, 2.75) is 11.8 Å². The summed E-state index contributed by atoms with van der Waals surface area (Å²) in [5.41, 5.74) is 1.16. The Morgan fingerprint density at radius 2 is 1.69 bits per heavy atom. The monoisotopic (exact) mass is 430 g/mol. The van der Waals surface area contributed by atoms with Crippen LogP contribution in [-0.4, -0.2) is 20.9 Å². The van der Waals surface area contributed by atoms with Crippen molar-refractivity contribution in [1.82, 2.24) is 0 Å². The van der Waals surface area contributed by atoms with Crippen molar-refractivity contribution in [1.29, 1.82) is 0 Å². The number of nitrogens with one attached hydrogen (secondary N) is 2. The molecule has 3 rings (SSSR count). The lowest BCUT2D eigenvalue weighted by atomic mass is 10.2. The minimum absolute atomic E-state index is 0.159. The predicted molar refractivity (Wildman–Crippen MR) is 114 cm³/mol. The molecule has 150 valence electrons. The van der Waals surface area contributed by atoms with Gasteiger partial charge in [-0.1, -0.05) is 29.8 Å². The number of benzene rings is 3. The van der Waals surface area contributed by atoms with Crippen LogP contribution in [0.2, 0.25) is 5.02 Å². The number of hydrogen-bond acceptors (Lipinski definition) is 4. The van der Waals surface area contributed by atoms with E-state index >= 15 is 0 Å². The first-order chi connectivity index (χ1) is 13.9. The van der Waals surface area contributed by atoms with Gasteiger partial charge in [0.2, 0.25) is 0 Å². The Kier molecular flexibility index (Phi) is 6.41. The second-order valence-electron chi connectivity index (χ2n) is 6.02. The number of halogens is 1. The van der Waals surface area contributed by atoms with Crippen LogP contribution in [0.4, 0.5) is 11.4 Å². The zero-order valence-electron chi connectivity index (χ0n) is 15.6. The van der Waals surface area contributed by atoms with Crippen LogP contribution in [0.15, 0.2) is 77.7 Å². The molecule has 0 saturated heterocycles. The minimum Gasteiger partial charge on any atom is -0.492 e. The molecule has 0 aliphatic rings. The van der Waals surface area contributed by atoms with Gasteiger partial charge in [0.1, 0.15) is 5.75 Å². The summed E-state index contributed by atoms with van der Waals surface area (Å²) in [5, 5.41) is 3.23. The maximum atomic E-state index is 12.6. The number of carbonyl (C=O) groups excluding carboxylic acids is 1. The normalized spacial score (nSPS) is 11.0. The van der Waals surface area contributed by atoms with Crippen molar-refractivity contribution >= 4 is 38.9 Å². The highest BCUT2D eigenvalue weighted by Crippen LogP contribution is 2.28. The van der Waals surface area contributed by atoms with Crippen molar-refractivity contribution in [2.24, 2.45) is 0 Å². The molecule has 0 radical (unpaired) electrons. The summed E-state index contributed by atoms with van der Waals surface area (Å²) in [6, 6.07) is 19.1. The quantitative estimate of drug-likeness (QED) is 0.564. The van der Waals surface area contributed by atoms with Gasteiger partial charge in [-0.15, -0.1) is 0 Å². The summed E-state index contributed by atoms with van der Waals surface area (Å²) >= 11 is 6.01. The fourth-order valence-electron chi connectivity index (χ4n) is 2.58. The SMILES string of the molecule is CCOc1ccc(Cl)cc1NC(=O)c1ccc(NS(=O)(=O)c2ccccc2)cc1. The Morgan fingerprint density at radius 1 is 1.00 bits per heavy atom. The zero-order chi connectivity index (χ0) is 20.9. The first-order valence-electron chi connectivity index (χ1n) is 8.80. The Hall–Kier alpha value is -3.03. The minimum atomic E-state index is -3.69. The molecule has 0 aliphatic carbocycles. The molecule has 29 heavy (non-hydrogen) atoms. The van der Waals surface area contributed by atoms with Gasteiger partial charge < -0.3 is 10.1 Å². The van der Waals surface area contributed by atoms with Crippen LogP contribution in [0.5, 0.6) is 5.75 Å². The number of rotatable bonds is 7. The molecule has 1 amide bonds. The second-order valence-corrected chi connectivity index (χ2v) is 8.14. The van der Waals surface area contributed by atoms with Gasteiger partial charge in [-0.05, 0) is 61.5 Å². The van der Waals surface area contributed by atoms with Crippen molar-refractivity contribution in [2.75, 3.05) is 16.6 Å². The van der Waals surface area contributed by atoms with Gasteiger partial charge in [0.15, 0.2) is 0 Å². The van der Waals surface area contributed by atoms with Gasteiger partial charge in [-0.2, -0.15) is 0 Å². The van der Waals surface area contributed by atoms with E-state index in [2.05, 4.69) is 10.0 Å². The molecule has 8 heteroatoms. The van der Waals surface area contributed by atoms with E-state index in [1.165, 1.54) is 36.4 Å². The zero-order valence-corrected chi connectivity index (χ0v) is 17.1. The number of amides is 1. The number of ether oxygens (including phenoxy) is 1. The molecule has 2 N–H and O–H groups in total. The Morgan fingerprint density at radius 3 is 2.34 bits per heavy atom. The molecule has 3 aromatic rings. The highest BCUT2D eigenvalue weighted by molar-refractivity contribution is 7.92. The number of carbonyl (C=O) groups is 1. The van der Waals surface area contributed by atoms with E-state index in [4.69, 9.17) is 16.3 Å². The molecule has 0 saturated carbocycles. The molecule has 0 heterocycles. The van der Waals surface area contributed by atoms with Crippen molar-refractivity contribution in [3.8, 4) is 5.75 Å². The van der Waals surface area contributed by atoms with Gasteiger partial charge in [-0.3, -0.25) is 9.52 Å². The summed E-state index contributed by atoms with van der Waals surface area (Å²) in [6.45, 7) is 2.29. The first kappa shape index (κ1) is 20.7. The average molecular weight is 431 g/mol. The highest BCUT2D eigenvalue weighted by Gasteiger charge is 2.15. The molecule has 0 aromatic heterocycles. The predicted octanol–water partition coefficient (Wildman–Crippen LogP) is 4.79. The third-order valence-corrected chi connectivity index (χ3v) is 5.57. The lowest BCUT2D eigenvalue weighted by molar-refractivity contribution is 0.102. The van der Waals surface area contributed by atoms with Gasteiger partial charge in [-0.25, -0.2) is 8.42 Å². The highest BCUT2D eigenvalue weighted by atomic mass is 35.5. The average Bonchev–Trinajstić information content (AvgIpc) is 2.71. The van der Waals surface area contributed by atoms with Gasteiger partial charge in [0, 0.05) is 16.3 Å². The van der Waals surface area contributed by atoms with E-state index in [1.807, 2.05) is 6.92 Å². The largest absolute Gasteiger partial charge is 0.492 e. The summed E-state index contributed by atoms with van der Waals surface area (Å²) in [6.07, 6.45) is 0. The van der Waals surface area contributed by atoms with Crippen LogP contribution >= 0.6 is 11.6 Å². The van der Waals surface area contributed by atoms with Crippen LogP contribution in [0.1, 0.15) is 17.3 Å². The first-order valence-corrected chi connectivity index (χ1v) is 10.7. The van der Waals surface area contributed by atoms with Crippen molar-refractivity contribution in [3.63, 3.8) is 0 Å². The fraction of sp³-hybridized carbons (Fsp3) is 0.0952. The second kappa shape index (κ2) is 8.98. The third-order valence-electron chi connectivity index (χ3n) is 3.94. The summed E-state index contributed by atoms with van der Waals surface area (Å²) in [5.74, 6) is 0.142. The van der Waals surface area contributed by atoms with E-state index in [0.717, 1.165) is 0 Å². The van der Waals surface area contributed by atoms with Gasteiger partial charge in [0.05, 0.1) is 17.2 Å². The maximum Gasteiger partial charge on any atom is 0.261 e. The topological polar surface area (TPSA) is 84.5 Å². The number of hydrogen-bond donors (Lipinski definition) is 2. The molecule has 0 fully saturated rings. The Bertz CT molecular complexity index is 1100. The standard InChI is InChI=1S/C21H19ClN2O4S/c1-2-28-20-13-10-16(22)14-19(20)23-21(25)15-8-11-17(12-9-15)24-29(26,27)18-6-4-3-5-7-18/h3-14,24H,2H2,1H3,(H,23,25). The van der Waals surface area contributed by atoms with E-state index in [-0.39, 0.29) is 10.8 Å². The Labute approximate surface area is 174 Å². The lowest BCUT2D eigenvalue weighted by Gasteiger charge is -2.12. The number of sulfonamides is 1. The summed E-state index contributed by atoms with van der Waals surface area (Å²) in [7, 11) is -3.69. The van der Waals surface area contributed by atoms with Crippen LogP contribution < -0.4 is 14.8 Å². The van der Waals surface area contributed by atoms with Crippen molar-refractivity contribution in [3.05, 3.63) is 83.4 Å². The fourth-order valence-corrected chi connectivity index (χ4v) is 3.83. The Balaban J connectivity index is 1.74. The smallest absolute Gasteiger partial charge is 0.261 e. The molecule has 6 nitrogen and oxygen atoms in total. The molecule has 0 atom stereocenters. The molecular formula is C21H19ClN2O4S. The summed E-state index contributed by atoms with van der Waals surface area (Å²) in [4.78, 5) is 12.7. The summed E-state index contributed by atoms with van der Waals surface area (Å²) < 4.78 is 32.7. The maximum absolute atomic E-state index is 12.6. The molecule has 0 bridgehead atoms. The van der Waals surface area contributed by atoms with Gasteiger partial charge in [0.25, 0.3) is 15.9 Å². The van der Waals surface area contributed by atoms with Crippen LogP contribution in [0.25, 0.3) is 0 Å².